The summed E-state index contributed by atoms with van der Waals surface area (Å²) < 4.78 is 6.70. The number of benzene rings is 1. The van der Waals surface area contributed by atoms with Crippen LogP contribution in [0.4, 0.5) is 0 Å². The summed E-state index contributed by atoms with van der Waals surface area (Å²) in [6.45, 7) is 2.00. The van der Waals surface area contributed by atoms with E-state index in [0.717, 1.165) is 22.2 Å². The Morgan fingerprint density at radius 1 is 1.47 bits per heavy atom. The van der Waals surface area contributed by atoms with Gasteiger partial charge in [0.2, 0.25) is 5.91 Å². The number of carbonyl (C=O) groups is 1. The average Bonchev–Trinajstić information content (AvgIpc) is 2.96. The smallest absolute Gasteiger partial charge is 0.223 e. The second kappa shape index (κ2) is 5.13. The van der Waals surface area contributed by atoms with Gasteiger partial charge in [0, 0.05) is 48.5 Å². The van der Waals surface area contributed by atoms with Crippen molar-refractivity contribution < 1.29 is 14.6 Å². The van der Waals surface area contributed by atoms with E-state index in [9.17, 15) is 4.79 Å². The quantitative estimate of drug-likeness (QED) is 0.920. The van der Waals surface area contributed by atoms with E-state index in [-0.39, 0.29) is 18.4 Å². The standard InChI is InChI=1S/C14H16BrNO3/c15-12-4-10-1-2-19-14(10)11(5-12)7-16-6-9(8-17)3-13(16)18/h4-5,9,17H,1-3,6-8H2. The number of aliphatic hydroxyl groups is 1. The van der Waals surface area contributed by atoms with E-state index < -0.39 is 0 Å². The van der Waals surface area contributed by atoms with E-state index in [1.807, 2.05) is 11.0 Å². The first kappa shape index (κ1) is 12.9. The number of likely N-dealkylation sites (tertiary alicyclic amines) is 1. The number of nitrogens with zero attached hydrogens (tertiary/aromatic N) is 1. The van der Waals surface area contributed by atoms with Crippen LogP contribution in [0.15, 0.2) is 16.6 Å². The lowest BCUT2D eigenvalue weighted by Gasteiger charge is -2.18. The third kappa shape index (κ3) is 2.49. The van der Waals surface area contributed by atoms with Crippen LogP contribution >= 0.6 is 15.9 Å². The van der Waals surface area contributed by atoms with Gasteiger partial charge in [-0.3, -0.25) is 4.79 Å². The normalized spacial score (nSPS) is 21.7. The predicted molar refractivity (Wildman–Crippen MR) is 74.0 cm³/mol. The monoisotopic (exact) mass is 325 g/mol. The molecule has 1 atom stereocenters. The molecule has 1 amide bonds. The van der Waals surface area contributed by atoms with Crippen LogP contribution in [0.25, 0.3) is 0 Å². The molecule has 0 bridgehead atoms. The van der Waals surface area contributed by atoms with Crippen LogP contribution in [0.2, 0.25) is 0 Å². The molecule has 2 heterocycles. The Morgan fingerprint density at radius 3 is 3.05 bits per heavy atom. The molecule has 2 aliphatic rings. The molecule has 2 aliphatic heterocycles. The maximum atomic E-state index is 11.9. The minimum atomic E-state index is 0.0774. The third-order valence-electron chi connectivity index (χ3n) is 3.74. The largest absolute Gasteiger partial charge is 0.493 e. The molecule has 1 unspecified atom stereocenters. The van der Waals surface area contributed by atoms with Gasteiger partial charge in [0.1, 0.15) is 5.75 Å². The molecule has 3 rings (SSSR count). The summed E-state index contributed by atoms with van der Waals surface area (Å²) in [4.78, 5) is 13.7. The van der Waals surface area contributed by atoms with Crippen molar-refractivity contribution in [3.05, 3.63) is 27.7 Å². The summed E-state index contributed by atoms with van der Waals surface area (Å²) in [5.74, 6) is 1.13. The summed E-state index contributed by atoms with van der Waals surface area (Å²) in [5.41, 5.74) is 2.25. The molecule has 19 heavy (non-hydrogen) atoms. The molecular formula is C14H16BrNO3. The van der Waals surface area contributed by atoms with Crippen molar-refractivity contribution in [2.75, 3.05) is 19.8 Å². The predicted octanol–water partition coefficient (Wildman–Crippen LogP) is 1.72. The molecule has 1 aromatic carbocycles. The van der Waals surface area contributed by atoms with Crippen molar-refractivity contribution in [3.8, 4) is 5.75 Å². The lowest BCUT2D eigenvalue weighted by atomic mass is 10.1. The van der Waals surface area contributed by atoms with Crippen LogP contribution < -0.4 is 4.74 Å². The topological polar surface area (TPSA) is 49.8 Å². The maximum absolute atomic E-state index is 11.9. The highest BCUT2D eigenvalue weighted by molar-refractivity contribution is 9.10. The van der Waals surface area contributed by atoms with Gasteiger partial charge in [-0.05, 0) is 17.7 Å². The molecule has 0 spiro atoms. The Balaban J connectivity index is 1.82. The van der Waals surface area contributed by atoms with Crippen LogP contribution in [0.5, 0.6) is 5.75 Å². The number of ether oxygens (including phenoxy) is 1. The van der Waals surface area contributed by atoms with Gasteiger partial charge in [-0.2, -0.15) is 0 Å². The Bertz CT molecular complexity index is 518. The molecular weight excluding hydrogens is 310 g/mol. The number of rotatable bonds is 3. The molecule has 0 aliphatic carbocycles. The summed E-state index contributed by atoms with van der Waals surface area (Å²) in [6.07, 6.45) is 1.38. The van der Waals surface area contributed by atoms with Gasteiger partial charge in [0.25, 0.3) is 0 Å². The first-order valence-electron chi connectivity index (χ1n) is 6.50. The first-order valence-corrected chi connectivity index (χ1v) is 7.29. The van der Waals surface area contributed by atoms with Crippen molar-refractivity contribution in [3.63, 3.8) is 0 Å². The van der Waals surface area contributed by atoms with Crippen molar-refractivity contribution in [2.45, 2.75) is 19.4 Å². The van der Waals surface area contributed by atoms with Gasteiger partial charge >= 0.3 is 0 Å². The molecule has 1 saturated heterocycles. The second-order valence-corrected chi connectivity index (χ2v) is 6.09. The van der Waals surface area contributed by atoms with Gasteiger partial charge < -0.3 is 14.7 Å². The number of halogens is 1. The van der Waals surface area contributed by atoms with Gasteiger partial charge in [-0.1, -0.05) is 15.9 Å². The fraction of sp³-hybridized carbons (Fsp3) is 0.500. The summed E-state index contributed by atoms with van der Waals surface area (Å²) in [5, 5.41) is 9.16. The van der Waals surface area contributed by atoms with Crippen molar-refractivity contribution in [1.82, 2.24) is 4.90 Å². The lowest BCUT2D eigenvalue weighted by Crippen LogP contribution is -2.25. The van der Waals surface area contributed by atoms with E-state index in [4.69, 9.17) is 9.84 Å². The average molecular weight is 326 g/mol. The van der Waals surface area contributed by atoms with Gasteiger partial charge in [0.15, 0.2) is 0 Å². The Labute approximate surface area is 120 Å². The van der Waals surface area contributed by atoms with E-state index in [0.29, 0.717) is 26.1 Å². The van der Waals surface area contributed by atoms with Crippen LogP contribution in [-0.2, 0) is 17.8 Å². The third-order valence-corrected chi connectivity index (χ3v) is 4.20. The van der Waals surface area contributed by atoms with Gasteiger partial charge in [-0.25, -0.2) is 0 Å². The van der Waals surface area contributed by atoms with Crippen LogP contribution in [0.1, 0.15) is 17.5 Å². The molecule has 1 fully saturated rings. The van der Waals surface area contributed by atoms with E-state index in [1.165, 1.54) is 5.56 Å². The summed E-state index contributed by atoms with van der Waals surface area (Å²) in [6, 6.07) is 4.10. The number of amides is 1. The zero-order valence-corrected chi connectivity index (χ0v) is 12.1. The zero-order chi connectivity index (χ0) is 13.4. The molecule has 4 nitrogen and oxygen atoms in total. The highest BCUT2D eigenvalue weighted by Crippen LogP contribution is 2.34. The summed E-state index contributed by atoms with van der Waals surface area (Å²) >= 11 is 3.51. The van der Waals surface area contributed by atoms with Gasteiger partial charge in [0.05, 0.1) is 6.61 Å². The number of aliphatic hydroxyl groups excluding tert-OH is 1. The van der Waals surface area contributed by atoms with Crippen molar-refractivity contribution in [1.29, 1.82) is 0 Å². The second-order valence-electron chi connectivity index (χ2n) is 5.18. The first-order chi connectivity index (χ1) is 9.17. The number of hydrogen-bond acceptors (Lipinski definition) is 3. The van der Waals surface area contributed by atoms with Gasteiger partial charge in [-0.15, -0.1) is 0 Å². The van der Waals surface area contributed by atoms with E-state index >= 15 is 0 Å². The molecule has 1 aromatic rings. The number of fused-ring (bicyclic) bond motifs is 1. The minimum absolute atomic E-state index is 0.0774. The maximum Gasteiger partial charge on any atom is 0.223 e. The van der Waals surface area contributed by atoms with E-state index in [1.54, 1.807) is 0 Å². The highest BCUT2D eigenvalue weighted by atomic mass is 79.9. The molecule has 5 heteroatoms. The Kier molecular flexibility index (Phi) is 3.50. The zero-order valence-electron chi connectivity index (χ0n) is 10.6. The molecule has 1 N–H and O–H groups in total. The van der Waals surface area contributed by atoms with Crippen LogP contribution in [0.3, 0.4) is 0 Å². The van der Waals surface area contributed by atoms with Crippen LogP contribution in [-0.4, -0.2) is 35.7 Å². The minimum Gasteiger partial charge on any atom is -0.493 e. The highest BCUT2D eigenvalue weighted by Gasteiger charge is 2.30. The molecule has 0 radical (unpaired) electrons. The molecule has 102 valence electrons. The van der Waals surface area contributed by atoms with E-state index in [2.05, 4.69) is 22.0 Å². The van der Waals surface area contributed by atoms with Crippen molar-refractivity contribution in [2.24, 2.45) is 5.92 Å². The fourth-order valence-electron chi connectivity index (χ4n) is 2.80. The Hall–Kier alpha value is -1.07. The van der Waals surface area contributed by atoms with Crippen molar-refractivity contribution >= 4 is 21.8 Å². The SMILES string of the molecule is O=C1CC(CO)CN1Cc1cc(Br)cc2c1OCC2. The molecule has 0 saturated carbocycles. The number of hydrogen-bond donors (Lipinski definition) is 1. The number of carbonyl (C=O) groups excluding carboxylic acids is 1. The Morgan fingerprint density at radius 2 is 2.32 bits per heavy atom. The molecule has 0 aromatic heterocycles. The summed E-state index contributed by atoms with van der Waals surface area (Å²) in [7, 11) is 0. The lowest BCUT2D eigenvalue weighted by molar-refractivity contribution is -0.128. The fourth-order valence-corrected chi connectivity index (χ4v) is 3.35. The van der Waals surface area contributed by atoms with Crippen LogP contribution in [0, 0.1) is 5.92 Å².